The van der Waals surface area contributed by atoms with E-state index >= 15 is 0 Å². The summed E-state index contributed by atoms with van der Waals surface area (Å²) in [5, 5.41) is 4.43. The van der Waals surface area contributed by atoms with Crippen LogP contribution in [-0.4, -0.2) is 46.8 Å². The van der Waals surface area contributed by atoms with E-state index in [0.717, 1.165) is 50.2 Å². The summed E-state index contributed by atoms with van der Waals surface area (Å²) in [4.78, 5) is 26.0. The van der Waals surface area contributed by atoms with Crippen molar-refractivity contribution < 1.29 is 14.3 Å². The number of hydrogen-bond donors (Lipinski definition) is 0. The van der Waals surface area contributed by atoms with Gasteiger partial charge in [0.1, 0.15) is 0 Å². The highest BCUT2D eigenvalue weighted by molar-refractivity contribution is 5.89. The van der Waals surface area contributed by atoms with E-state index in [1.54, 1.807) is 0 Å². The molecule has 0 radical (unpaired) electrons. The average molecular weight is 398 g/mol. The zero-order valence-electron chi connectivity index (χ0n) is 17.7. The van der Waals surface area contributed by atoms with Crippen LogP contribution in [0.15, 0.2) is 30.3 Å². The summed E-state index contributed by atoms with van der Waals surface area (Å²) in [5.74, 6) is 0.580. The second-order valence-electron chi connectivity index (χ2n) is 7.95. The molecule has 1 aliphatic heterocycles. The van der Waals surface area contributed by atoms with E-state index in [1.807, 2.05) is 53.8 Å². The van der Waals surface area contributed by atoms with Gasteiger partial charge in [0.25, 0.3) is 0 Å². The maximum absolute atomic E-state index is 12.5. The van der Waals surface area contributed by atoms with Crippen LogP contribution in [0.1, 0.15) is 53.0 Å². The zero-order valence-corrected chi connectivity index (χ0v) is 17.7. The monoisotopic (exact) mass is 397 g/mol. The van der Waals surface area contributed by atoms with Crippen molar-refractivity contribution in [3.05, 3.63) is 52.8 Å². The molecule has 1 aromatic heterocycles. The van der Waals surface area contributed by atoms with E-state index in [9.17, 15) is 9.59 Å². The number of amides is 1. The van der Waals surface area contributed by atoms with Gasteiger partial charge in [-0.3, -0.25) is 9.48 Å². The first kappa shape index (κ1) is 21.1. The Morgan fingerprint density at radius 2 is 1.83 bits per heavy atom. The molecule has 1 amide bonds. The Bertz CT molecular complexity index is 834. The van der Waals surface area contributed by atoms with Gasteiger partial charge in [-0.05, 0) is 69.2 Å². The quantitative estimate of drug-likeness (QED) is 0.670. The molecule has 1 aromatic carbocycles. The predicted molar refractivity (Wildman–Crippen MR) is 112 cm³/mol. The molecule has 156 valence electrons. The Balaban J connectivity index is 1.39. The summed E-state index contributed by atoms with van der Waals surface area (Å²) in [6.07, 6.45) is 4.75. The van der Waals surface area contributed by atoms with Crippen LogP contribution in [0.4, 0.5) is 0 Å². The second-order valence-corrected chi connectivity index (χ2v) is 7.95. The van der Waals surface area contributed by atoms with Crippen LogP contribution < -0.4 is 0 Å². The number of nitrogens with zero attached hydrogens (tertiary/aromatic N) is 3. The van der Waals surface area contributed by atoms with Crippen LogP contribution in [0.2, 0.25) is 0 Å². The Hall–Kier alpha value is -2.63. The first-order chi connectivity index (χ1) is 14.0. The van der Waals surface area contributed by atoms with Crippen LogP contribution in [-0.2, 0) is 22.5 Å². The molecule has 2 heterocycles. The lowest BCUT2D eigenvalue weighted by molar-refractivity contribution is -0.132. The van der Waals surface area contributed by atoms with Crippen molar-refractivity contribution in [3.8, 4) is 0 Å². The fourth-order valence-electron chi connectivity index (χ4n) is 4.03. The number of carbonyl (C=O) groups is 2. The predicted octanol–water partition coefficient (Wildman–Crippen LogP) is 3.55. The highest BCUT2D eigenvalue weighted by Crippen LogP contribution is 2.23. The molecule has 0 N–H and O–H groups in total. The third-order valence-electron chi connectivity index (χ3n) is 5.82. The largest absolute Gasteiger partial charge is 0.465 e. The van der Waals surface area contributed by atoms with E-state index in [4.69, 9.17) is 4.74 Å². The normalized spacial score (nSPS) is 14.8. The summed E-state index contributed by atoms with van der Waals surface area (Å²) in [6, 6.07) is 9.70. The summed E-state index contributed by atoms with van der Waals surface area (Å²) >= 11 is 0. The number of hydrogen-bond acceptors (Lipinski definition) is 4. The van der Waals surface area contributed by atoms with Gasteiger partial charge in [-0.25, -0.2) is 4.79 Å². The number of piperidine rings is 1. The highest BCUT2D eigenvalue weighted by Gasteiger charge is 2.22. The van der Waals surface area contributed by atoms with Gasteiger partial charge < -0.3 is 9.64 Å². The van der Waals surface area contributed by atoms with Gasteiger partial charge in [-0.15, -0.1) is 0 Å². The molecule has 0 unspecified atom stereocenters. The molecular formula is C23H31N3O3. The van der Waals surface area contributed by atoms with Gasteiger partial charge in [0.05, 0.1) is 18.4 Å². The smallest absolute Gasteiger partial charge is 0.337 e. The van der Waals surface area contributed by atoms with Crippen LogP contribution in [0.3, 0.4) is 0 Å². The Morgan fingerprint density at radius 3 is 2.41 bits per heavy atom. The maximum Gasteiger partial charge on any atom is 0.337 e. The molecular weight excluding hydrogens is 366 g/mol. The summed E-state index contributed by atoms with van der Waals surface area (Å²) < 4.78 is 6.66. The molecule has 1 aliphatic rings. The SMILES string of the molecule is COC(=O)c1ccc(CCC2CCN(C(=O)CCn3nc(C)cc3C)CC2)cc1. The molecule has 0 bridgehead atoms. The summed E-state index contributed by atoms with van der Waals surface area (Å²) in [7, 11) is 1.40. The van der Waals surface area contributed by atoms with Gasteiger partial charge in [0.2, 0.25) is 5.91 Å². The average Bonchev–Trinajstić information content (AvgIpc) is 3.07. The van der Waals surface area contributed by atoms with Crippen molar-refractivity contribution in [2.24, 2.45) is 5.92 Å². The van der Waals surface area contributed by atoms with Crippen LogP contribution >= 0.6 is 0 Å². The number of rotatable bonds is 7. The first-order valence-corrected chi connectivity index (χ1v) is 10.4. The fourth-order valence-corrected chi connectivity index (χ4v) is 4.03. The van der Waals surface area contributed by atoms with Crippen LogP contribution in [0, 0.1) is 19.8 Å². The number of ether oxygens (including phenoxy) is 1. The van der Waals surface area contributed by atoms with E-state index in [-0.39, 0.29) is 11.9 Å². The van der Waals surface area contributed by atoms with Crippen molar-refractivity contribution in [1.82, 2.24) is 14.7 Å². The topological polar surface area (TPSA) is 64.4 Å². The van der Waals surface area contributed by atoms with E-state index in [2.05, 4.69) is 5.10 Å². The number of aryl methyl sites for hydroxylation is 4. The number of methoxy groups -OCH3 is 1. The third kappa shape index (κ3) is 5.68. The third-order valence-corrected chi connectivity index (χ3v) is 5.82. The Labute approximate surface area is 172 Å². The molecule has 0 atom stereocenters. The zero-order chi connectivity index (χ0) is 20.8. The number of carbonyl (C=O) groups excluding carboxylic acids is 2. The van der Waals surface area contributed by atoms with Crippen molar-refractivity contribution in [1.29, 1.82) is 0 Å². The number of aromatic nitrogens is 2. The standard InChI is InChI=1S/C23H31N3O3/c1-17-16-18(2)26(24-17)15-12-22(27)25-13-10-20(11-14-25)5-4-19-6-8-21(9-7-19)23(28)29-3/h6-9,16,20H,4-5,10-15H2,1-3H3. The van der Waals surface area contributed by atoms with Gasteiger partial charge in [0.15, 0.2) is 0 Å². The fraction of sp³-hybridized carbons (Fsp3) is 0.522. The van der Waals surface area contributed by atoms with E-state index in [1.165, 1.54) is 12.7 Å². The minimum Gasteiger partial charge on any atom is -0.465 e. The molecule has 29 heavy (non-hydrogen) atoms. The highest BCUT2D eigenvalue weighted by atomic mass is 16.5. The molecule has 0 saturated carbocycles. The molecule has 3 rings (SSSR count). The lowest BCUT2D eigenvalue weighted by Gasteiger charge is -2.32. The lowest BCUT2D eigenvalue weighted by Crippen LogP contribution is -2.39. The van der Waals surface area contributed by atoms with Gasteiger partial charge >= 0.3 is 5.97 Å². The Kier molecular flexibility index (Phi) is 7.07. The lowest BCUT2D eigenvalue weighted by atomic mass is 9.90. The Morgan fingerprint density at radius 1 is 1.14 bits per heavy atom. The molecule has 0 aliphatic carbocycles. The van der Waals surface area contributed by atoms with Crippen molar-refractivity contribution in [2.45, 2.75) is 52.5 Å². The van der Waals surface area contributed by atoms with E-state index in [0.29, 0.717) is 24.4 Å². The van der Waals surface area contributed by atoms with E-state index < -0.39 is 0 Å². The molecule has 0 spiro atoms. The second kappa shape index (κ2) is 9.72. The van der Waals surface area contributed by atoms with Crippen LogP contribution in [0.5, 0.6) is 0 Å². The summed E-state index contributed by atoms with van der Waals surface area (Å²) in [5.41, 5.74) is 3.92. The maximum atomic E-state index is 12.5. The molecule has 2 aromatic rings. The van der Waals surface area contributed by atoms with Gasteiger partial charge in [0, 0.05) is 31.7 Å². The minimum absolute atomic E-state index is 0.231. The number of esters is 1. The summed E-state index contributed by atoms with van der Waals surface area (Å²) in [6.45, 7) is 6.35. The van der Waals surface area contributed by atoms with Gasteiger partial charge in [-0.1, -0.05) is 12.1 Å². The molecule has 6 heteroatoms. The first-order valence-electron chi connectivity index (χ1n) is 10.4. The number of likely N-dealkylation sites (tertiary alicyclic amines) is 1. The minimum atomic E-state index is -0.300. The van der Waals surface area contributed by atoms with Gasteiger partial charge in [-0.2, -0.15) is 5.10 Å². The van der Waals surface area contributed by atoms with Crippen molar-refractivity contribution in [2.75, 3.05) is 20.2 Å². The van der Waals surface area contributed by atoms with Crippen LogP contribution in [0.25, 0.3) is 0 Å². The number of benzene rings is 1. The van der Waals surface area contributed by atoms with Crippen molar-refractivity contribution >= 4 is 11.9 Å². The molecule has 1 saturated heterocycles. The molecule has 6 nitrogen and oxygen atoms in total. The molecule has 1 fully saturated rings. The van der Waals surface area contributed by atoms with Crippen molar-refractivity contribution in [3.63, 3.8) is 0 Å².